The van der Waals surface area contributed by atoms with Crippen LogP contribution in [0.5, 0.6) is 5.88 Å². The summed E-state index contributed by atoms with van der Waals surface area (Å²) in [5, 5.41) is 9.96. The second kappa shape index (κ2) is 8.60. The fourth-order valence-corrected chi connectivity index (χ4v) is 2.43. The lowest BCUT2D eigenvalue weighted by molar-refractivity contribution is -0.122. The molecule has 1 amide bonds. The van der Waals surface area contributed by atoms with Gasteiger partial charge >= 0.3 is 0 Å². The van der Waals surface area contributed by atoms with Gasteiger partial charge in [0.25, 0.3) is 0 Å². The van der Waals surface area contributed by atoms with Crippen LogP contribution in [0.25, 0.3) is 11.4 Å². The first kappa shape index (κ1) is 18.2. The number of halogens is 1. The number of pyridine rings is 1. The first-order chi connectivity index (χ1) is 11.3. The number of aromatic nitrogens is 3. The third-order valence-electron chi connectivity index (χ3n) is 3.69. The molecule has 0 bridgehead atoms. The average molecular weight is 354 g/mol. The van der Waals surface area contributed by atoms with Gasteiger partial charge in [0.2, 0.25) is 23.5 Å². The van der Waals surface area contributed by atoms with Gasteiger partial charge in [-0.15, -0.1) is 12.4 Å². The van der Waals surface area contributed by atoms with Gasteiger partial charge in [0.15, 0.2) is 0 Å². The molecular weight excluding hydrogens is 334 g/mol. The Hall–Kier alpha value is -2.19. The van der Waals surface area contributed by atoms with Crippen LogP contribution < -0.4 is 15.4 Å². The Morgan fingerprint density at radius 2 is 2.38 bits per heavy atom. The molecule has 1 fully saturated rings. The largest absolute Gasteiger partial charge is 0.481 e. The monoisotopic (exact) mass is 353 g/mol. The highest BCUT2D eigenvalue weighted by Crippen LogP contribution is 2.17. The zero-order valence-corrected chi connectivity index (χ0v) is 14.1. The number of nitrogens with zero attached hydrogens (tertiary/aromatic N) is 3. The van der Waals surface area contributed by atoms with E-state index in [1.165, 1.54) is 0 Å². The van der Waals surface area contributed by atoms with Crippen molar-refractivity contribution >= 4 is 18.3 Å². The molecule has 3 rings (SSSR count). The minimum atomic E-state index is -0.0707. The van der Waals surface area contributed by atoms with E-state index in [2.05, 4.69) is 25.8 Å². The first-order valence-corrected chi connectivity index (χ1v) is 7.60. The molecule has 1 saturated heterocycles. The van der Waals surface area contributed by atoms with Crippen molar-refractivity contribution < 1.29 is 14.1 Å². The Balaban J connectivity index is 0.00000208. The molecule has 130 valence electrons. The smallest absolute Gasteiger partial charge is 0.237 e. The second-order valence-electron chi connectivity index (χ2n) is 5.29. The molecular formula is C15H20ClN5O3. The maximum absolute atomic E-state index is 11.9. The van der Waals surface area contributed by atoms with Gasteiger partial charge in [0, 0.05) is 30.8 Å². The van der Waals surface area contributed by atoms with Crippen LogP contribution in [0.3, 0.4) is 0 Å². The SMILES string of the molecule is COc1ccc(-c2noc(CCNC(=O)C3CCCN3)n2)cn1.Cl. The maximum Gasteiger partial charge on any atom is 0.237 e. The zero-order chi connectivity index (χ0) is 16.1. The van der Waals surface area contributed by atoms with Gasteiger partial charge in [-0.3, -0.25) is 4.79 Å². The van der Waals surface area contributed by atoms with Crippen molar-refractivity contribution in [3.8, 4) is 17.3 Å². The van der Waals surface area contributed by atoms with Crippen molar-refractivity contribution in [1.29, 1.82) is 0 Å². The van der Waals surface area contributed by atoms with Gasteiger partial charge in [-0.2, -0.15) is 4.98 Å². The van der Waals surface area contributed by atoms with Gasteiger partial charge in [-0.25, -0.2) is 4.98 Å². The van der Waals surface area contributed by atoms with Gasteiger partial charge in [0.05, 0.1) is 13.2 Å². The minimum Gasteiger partial charge on any atom is -0.481 e. The van der Waals surface area contributed by atoms with E-state index < -0.39 is 0 Å². The van der Waals surface area contributed by atoms with E-state index in [9.17, 15) is 4.79 Å². The number of nitrogens with one attached hydrogen (secondary N) is 2. The van der Waals surface area contributed by atoms with Crippen LogP contribution in [0.4, 0.5) is 0 Å². The number of amides is 1. The van der Waals surface area contributed by atoms with Crippen molar-refractivity contribution in [3.05, 3.63) is 24.2 Å². The Morgan fingerprint density at radius 3 is 3.04 bits per heavy atom. The fourth-order valence-electron chi connectivity index (χ4n) is 2.43. The molecule has 1 atom stereocenters. The molecule has 0 aliphatic carbocycles. The van der Waals surface area contributed by atoms with E-state index in [1.54, 1.807) is 19.4 Å². The van der Waals surface area contributed by atoms with Crippen molar-refractivity contribution in [2.45, 2.75) is 25.3 Å². The van der Waals surface area contributed by atoms with Gasteiger partial charge < -0.3 is 19.9 Å². The highest BCUT2D eigenvalue weighted by molar-refractivity contribution is 5.85. The predicted octanol–water partition coefficient (Wildman–Crippen LogP) is 0.973. The van der Waals surface area contributed by atoms with E-state index in [-0.39, 0.29) is 24.4 Å². The summed E-state index contributed by atoms with van der Waals surface area (Å²) >= 11 is 0. The Morgan fingerprint density at radius 1 is 1.50 bits per heavy atom. The summed E-state index contributed by atoms with van der Waals surface area (Å²) in [5.74, 6) is 1.51. The molecule has 2 aromatic rings. The van der Waals surface area contributed by atoms with E-state index in [4.69, 9.17) is 9.26 Å². The van der Waals surface area contributed by atoms with Crippen LogP contribution in [-0.4, -0.2) is 47.3 Å². The molecule has 24 heavy (non-hydrogen) atoms. The third-order valence-corrected chi connectivity index (χ3v) is 3.69. The van der Waals surface area contributed by atoms with E-state index in [0.29, 0.717) is 30.6 Å². The third kappa shape index (κ3) is 4.42. The number of rotatable bonds is 6. The van der Waals surface area contributed by atoms with Crippen LogP contribution in [-0.2, 0) is 11.2 Å². The molecule has 1 aliphatic rings. The Labute approximate surface area is 145 Å². The van der Waals surface area contributed by atoms with Gasteiger partial charge in [-0.05, 0) is 25.5 Å². The Kier molecular flexibility index (Phi) is 6.51. The van der Waals surface area contributed by atoms with Crippen LogP contribution in [0, 0.1) is 0 Å². The van der Waals surface area contributed by atoms with Crippen molar-refractivity contribution in [3.63, 3.8) is 0 Å². The lowest BCUT2D eigenvalue weighted by Gasteiger charge is -2.09. The van der Waals surface area contributed by atoms with Gasteiger partial charge in [-0.1, -0.05) is 5.16 Å². The van der Waals surface area contributed by atoms with Crippen molar-refractivity contribution in [2.24, 2.45) is 0 Å². The van der Waals surface area contributed by atoms with E-state index >= 15 is 0 Å². The van der Waals surface area contributed by atoms with Crippen LogP contribution in [0.1, 0.15) is 18.7 Å². The quantitative estimate of drug-likeness (QED) is 0.797. The molecule has 3 heterocycles. The molecule has 0 aromatic carbocycles. The molecule has 0 saturated carbocycles. The summed E-state index contributed by atoms with van der Waals surface area (Å²) in [6.45, 7) is 1.38. The van der Waals surface area contributed by atoms with Crippen LogP contribution in [0.15, 0.2) is 22.9 Å². The molecule has 0 radical (unpaired) electrons. The topological polar surface area (TPSA) is 102 Å². The molecule has 8 nitrogen and oxygen atoms in total. The Bertz CT molecular complexity index is 655. The molecule has 2 N–H and O–H groups in total. The molecule has 1 aliphatic heterocycles. The maximum atomic E-state index is 11.9. The number of hydrogen-bond donors (Lipinski definition) is 2. The number of methoxy groups -OCH3 is 1. The van der Waals surface area contributed by atoms with Gasteiger partial charge in [0.1, 0.15) is 0 Å². The number of hydrogen-bond acceptors (Lipinski definition) is 7. The summed E-state index contributed by atoms with van der Waals surface area (Å²) in [5.41, 5.74) is 0.750. The van der Waals surface area contributed by atoms with Crippen molar-refractivity contribution in [2.75, 3.05) is 20.2 Å². The number of carbonyl (C=O) groups excluding carboxylic acids is 1. The summed E-state index contributed by atoms with van der Waals surface area (Å²) in [7, 11) is 1.56. The van der Waals surface area contributed by atoms with Crippen molar-refractivity contribution in [1.82, 2.24) is 25.8 Å². The highest BCUT2D eigenvalue weighted by atomic mass is 35.5. The highest BCUT2D eigenvalue weighted by Gasteiger charge is 2.21. The minimum absolute atomic E-state index is 0. The lowest BCUT2D eigenvalue weighted by atomic mass is 10.2. The summed E-state index contributed by atoms with van der Waals surface area (Å²) in [4.78, 5) is 20.3. The molecule has 0 spiro atoms. The summed E-state index contributed by atoms with van der Waals surface area (Å²) in [6.07, 6.45) is 4.05. The predicted molar refractivity (Wildman–Crippen MR) is 89.1 cm³/mol. The van der Waals surface area contributed by atoms with Crippen LogP contribution in [0.2, 0.25) is 0 Å². The zero-order valence-electron chi connectivity index (χ0n) is 13.3. The van der Waals surface area contributed by atoms with E-state index in [0.717, 1.165) is 24.9 Å². The van der Waals surface area contributed by atoms with Crippen LogP contribution >= 0.6 is 12.4 Å². The second-order valence-corrected chi connectivity index (χ2v) is 5.29. The lowest BCUT2D eigenvalue weighted by Crippen LogP contribution is -2.41. The molecule has 1 unspecified atom stereocenters. The first-order valence-electron chi connectivity index (χ1n) is 7.60. The summed E-state index contributed by atoms with van der Waals surface area (Å²) < 4.78 is 10.2. The normalized spacial score (nSPS) is 16.5. The fraction of sp³-hybridized carbons (Fsp3) is 0.467. The molecule has 9 heteroatoms. The summed E-state index contributed by atoms with van der Waals surface area (Å²) in [6, 6.07) is 3.48. The average Bonchev–Trinajstić information content (AvgIpc) is 3.27. The van der Waals surface area contributed by atoms with E-state index in [1.807, 2.05) is 6.07 Å². The molecule has 2 aromatic heterocycles. The standard InChI is InChI=1S/C15H19N5O3.ClH/c1-22-12-5-4-10(9-18-12)14-19-13(23-20-14)6-8-17-15(21)11-3-2-7-16-11;/h4-5,9,11,16H,2-3,6-8H2,1H3,(H,17,21);1H. The number of ether oxygens (including phenoxy) is 1. The number of carbonyl (C=O) groups is 1.